The first kappa shape index (κ1) is 33.8. The van der Waals surface area contributed by atoms with Crippen molar-refractivity contribution in [3.05, 3.63) is 69.6 Å². The van der Waals surface area contributed by atoms with Gasteiger partial charge in [0, 0.05) is 24.4 Å². The van der Waals surface area contributed by atoms with Gasteiger partial charge in [0.25, 0.3) is 0 Å². The van der Waals surface area contributed by atoms with Crippen molar-refractivity contribution >= 4 is 21.9 Å². The van der Waals surface area contributed by atoms with Crippen LogP contribution in [0, 0.1) is 11.6 Å². The van der Waals surface area contributed by atoms with Crippen LogP contribution in [0.2, 0.25) is 0 Å². The zero-order valence-electron chi connectivity index (χ0n) is 23.0. The monoisotopic (exact) mass is 596 g/mol. The smallest absolute Gasteiger partial charge is 0.240 e. The van der Waals surface area contributed by atoms with Gasteiger partial charge in [-0.05, 0) is 72.5 Å². The number of rotatable bonds is 20. The first-order valence-electron chi connectivity index (χ1n) is 12.9. The third-order valence-corrected chi connectivity index (χ3v) is 6.83. The van der Waals surface area contributed by atoms with Gasteiger partial charge < -0.3 is 18.9 Å². The summed E-state index contributed by atoms with van der Waals surface area (Å²) in [6, 6.07) is 7.17. The van der Waals surface area contributed by atoms with Gasteiger partial charge in [-0.25, -0.2) is 21.9 Å². The Labute approximate surface area is 238 Å². The maximum absolute atomic E-state index is 14.6. The van der Waals surface area contributed by atoms with Crippen molar-refractivity contribution in [2.45, 2.75) is 31.6 Å². The molecule has 0 heterocycles. The SMILES string of the molecule is CCCC(=O)/C(C)=C\c1cc(F)c(Oc2ccc(S(=O)(=O)NCCOCCOCCOCCN=[N+]=[N-])cc2)c(F)c1. The van der Waals surface area contributed by atoms with E-state index >= 15 is 0 Å². The highest BCUT2D eigenvalue weighted by atomic mass is 32.2. The van der Waals surface area contributed by atoms with Gasteiger partial charge in [-0.15, -0.1) is 0 Å². The lowest BCUT2D eigenvalue weighted by molar-refractivity contribution is -0.115. The van der Waals surface area contributed by atoms with E-state index in [0.29, 0.717) is 44.8 Å². The number of halogens is 2. The van der Waals surface area contributed by atoms with Crippen LogP contribution in [0.25, 0.3) is 16.5 Å². The fourth-order valence-corrected chi connectivity index (χ4v) is 4.36. The second-order valence-corrected chi connectivity index (χ2v) is 10.3. The lowest BCUT2D eigenvalue weighted by Crippen LogP contribution is -2.27. The topological polar surface area (TPSA) is 149 Å². The molecular formula is C27H34F2N4O7S. The Balaban J connectivity index is 1.79. The standard InChI is InChI=1S/C27H34F2N4O7S/c1-3-4-26(34)20(2)17-21-18-24(28)27(25(29)19-21)40-22-5-7-23(8-6-22)41(35,36)32-10-12-38-14-16-39-15-13-37-11-9-31-33-30/h5-8,17-19,32H,3-4,9-16H2,1-2H3/b20-17-. The third-order valence-electron chi connectivity index (χ3n) is 5.36. The third kappa shape index (κ3) is 12.3. The lowest BCUT2D eigenvalue weighted by Gasteiger charge is -2.11. The van der Waals surface area contributed by atoms with E-state index in [9.17, 15) is 22.0 Å². The Morgan fingerprint density at radius 2 is 1.59 bits per heavy atom. The Morgan fingerprint density at radius 3 is 2.17 bits per heavy atom. The number of Topliss-reactive ketones (excluding diaryl/α,β-unsaturated/α-hetero) is 1. The van der Waals surface area contributed by atoms with E-state index in [1.54, 1.807) is 6.92 Å². The summed E-state index contributed by atoms with van der Waals surface area (Å²) in [7, 11) is -3.85. The van der Waals surface area contributed by atoms with E-state index in [0.717, 1.165) is 12.1 Å². The Hall–Kier alpha value is -3.39. The van der Waals surface area contributed by atoms with Crippen LogP contribution < -0.4 is 9.46 Å². The molecule has 0 saturated heterocycles. The molecule has 0 aromatic heterocycles. The molecule has 0 aliphatic heterocycles. The average Bonchev–Trinajstić information content (AvgIpc) is 2.93. The van der Waals surface area contributed by atoms with Crippen molar-refractivity contribution in [1.29, 1.82) is 0 Å². The van der Waals surface area contributed by atoms with E-state index in [-0.39, 0.29) is 48.3 Å². The number of hydrogen-bond donors (Lipinski definition) is 1. The molecule has 0 saturated carbocycles. The van der Waals surface area contributed by atoms with Gasteiger partial charge in [0.2, 0.25) is 10.0 Å². The molecule has 0 unspecified atom stereocenters. The molecule has 0 fully saturated rings. The van der Waals surface area contributed by atoms with Crippen LogP contribution in [0.1, 0.15) is 32.3 Å². The molecule has 0 amide bonds. The summed E-state index contributed by atoms with van der Waals surface area (Å²) < 4.78 is 77.7. The summed E-state index contributed by atoms with van der Waals surface area (Å²) in [5.41, 5.74) is 8.71. The molecular weight excluding hydrogens is 562 g/mol. The second-order valence-electron chi connectivity index (χ2n) is 8.58. The Bertz CT molecular complexity index is 1290. The fraction of sp³-hybridized carbons (Fsp3) is 0.444. The molecule has 41 heavy (non-hydrogen) atoms. The number of ketones is 1. The molecule has 224 valence electrons. The van der Waals surface area contributed by atoms with Crippen LogP contribution in [0.4, 0.5) is 8.78 Å². The molecule has 2 rings (SSSR count). The number of nitrogens with one attached hydrogen (secondary N) is 1. The maximum Gasteiger partial charge on any atom is 0.240 e. The summed E-state index contributed by atoms with van der Waals surface area (Å²) >= 11 is 0. The van der Waals surface area contributed by atoms with Crippen molar-refractivity contribution in [3.63, 3.8) is 0 Å². The van der Waals surface area contributed by atoms with Gasteiger partial charge in [0.05, 0.1) is 44.5 Å². The molecule has 0 radical (unpaired) electrons. The molecule has 0 aliphatic carbocycles. The van der Waals surface area contributed by atoms with Gasteiger partial charge in [-0.1, -0.05) is 12.0 Å². The molecule has 0 spiro atoms. The van der Waals surface area contributed by atoms with Crippen LogP contribution in [-0.2, 0) is 29.0 Å². The minimum absolute atomic E-state index is 0.0177. The summed E-state index contributed by atoms with van der Waals surface area (Å²) in [6.45, 7) is 5.40. The number of allylic oxidation sites excluding steroid dienone is 1. The number of ether oxygens (including phenoxy) is 4. The van der Waals surface area contributed by atoms with Crippen molar-refractivity contribution in [2.75, 3.05) is 52.7 Å². The first-order valence-corrected chi connectivity index (χ1v) is 14.4. The van der Waals surface area contributed by atoms with E-state index in [2.05, 4.69) is 14.7 Å². The number of nitrogens with zero attached hydrogens (tertiary/aromatic N) is 3. The van der Waals surface area contributed by atoms with Crippen molar-refractivity contribution in [2.24, 2.45) is 5.11 Å². The van der Waals surface area contributed by atoms with Crippen LogP contribution in [0.15, 0.2) is 52.0 Å². The van der Waals surface area contributed by atoms with Crippen molar-refractivity contribution < 1.29 is 40.9 Å². The lowest BCUT2D eigenvalue weighted by atomic mass is 10.1. The molecule has 2 aromatic carbocycles. The highest BCUT2D eigenvalue weighted by Gasteiger charge is 2.16. The molecule has 0 aliphatic rings. The van der Waals surface area contributed by atoms with E-state index < -0.39 is 27.4 Å². The van der Waals surface area contributed by atoms with Gasteiger partial charge in [-0.3, -0.25) is 4.79 Å². The van der Waals surface area contributed by atoms with Crippen LogP contribution in [0.3, 0.4) is 0 Å². The molecule has 0 bridgehead atoms. The fourth-order valence-electron chi connectivity index (χ4n) is 3.34. The van der Waals surface area contributed by atoms with Gasteiger partial charge >= 0.3 is 0 Å². The zero-order valence-corrected chi connectivity index (χ0v) is 23.8. The first-order chi connectivity index (χ1) is 19.7. The van der Waals surface area contributed by atoms with E-state index in [1.807, 2.05) is 6.92 Å². The molecule has 2 aromatic rings. The normalized spacial score (nSPS) is 11.8. The summed E-state index contributed by atoms with van der Waals surface area (Å²) in [5, 5.41) is 3.33. The molecule has 0 atom stereocenters. The predicted molar refractivity (Wildman–Crippen MR) is 148 cm³/mol. The second kappa shape index (κ2) is 18.1. The minimum atomic E-state index is -3.85. The minimum Gasteiger partial charge on any atom is -0.451 e. The van der Waals surface area contributed by atoms with E-state index in [1.165, 1.54) is 30.3 Å². The number of azide groups is 1. The number of carbonyl (C=O) groups is 1. The molecule has 14 heteroatoms. The van der Waals surface area contributed by atoms with Crippen LogP contribution in [0.5, 0.6) is 11.5 Å². The van der Waals surface area contributed by atoms with Crippen molar-refractivity contribution in [3.8, 4) is 11.5 Å². The predicted octanol–water partition coefficient (Wildman–Crippen LogP) is 5.17. The van der Waals surface area contributed by atoms with Gasteiger partial charge in [0.1, 0.15) is 5.75 Å². The summed E-state index contributed by atoms with van der Waals surface area (Å²) in [6.07, 6.45) is 2.43. The average molecular weight is 597 g/mol. The summed E-state index contributed by atoms with van der Waals surface area (Å²) in [4.78, 5) is 14.5. The number of hydrogen-bond acceptors (Lipinski definition) is 8. The number of sulfonamides is 1. The Morgan fingerprint density at radius 1 is 1.00 bits per heavy atom. The van der Waals surface area contributed by atoms with Gasteiger partial charge in [-0.2, -0.15) is 0 Å². The summed E-state index contributed by atoms with van der Waals surface area (Å²) in [5.74, 6) is -2.65. The Kier molecular flexibility index (Phi) is 14.9. The number of carbonyl (C=O) groups excluding carboxylic acids is 1. The van der Waals surface area contributed by atoms with Crippen LogP contribution in [-0.4, -0.2) is 66.9 Å². The molecule has 11 nitrogen and oxygen atoms in total. The molecule has 1 N–H and O–H groups in total. The zero-order chi connectivity index (χ0) is 30.1. The highest BCUT2D eigenvalue weighted by molar-refractivity contribution is 7.89. The van der Waals surface area contributed by atoms with E-state index in [4.69, 9.17) is 24.5 Å². The highest BCUT2D eigenvalue weighted by Crippen LogP contribution is 2.30. The largest absolute Gasteiger partial charge is 0.451 e. The quantitative estimate of drug-likeness (QED) is 0.0729. The maximum atomic E-state index is 14.6. The van der Waals surface area contributed by atoms with Gasteiger partial charge in [0.15, 0.2) is 23.2 Å². The number of benzene rings is 2. The van der Waals surface area contributed by atoms with Crippen molar-refractivity contribution in [1.82, 2.24) is 4.72 Å². The van der Waals surface area contributed by atoms with Crippen LogP contribution >= 0.6 is 0 Å².